The summed E-state index contributed by atoms with van der Waals surface area (Å²) in [4.78, 5) is 8.20. The van der Waals surface area contributed by atoms with E-state index in [1.54, 1.807) is 24.5 Å². The fourth-order valence-corrected chi connectivity index (χ4v) is 1.87. The van der Waals surface area contributed by atoms with Crippen molar-refractivity contribution < 1.29 is 9.13 Å². The zero-order valence-corrected chi connectivity index (χ0v) is 12.3. The lowest BCUT2D eigenvalue weighted by Crippen LogP contribution is -2.19. The molecule has 0 fully saturated rings. The van der Waals surface area contributed by atoms with Gasteiger partial charge in [-0.2, -0.15) is 0 Å². The van der Waals surface area contributed by atoms with Gasteiger partial charge in [0.15, 0.2) is 5.82 Å². The molecule has 4 nitrogen and oxygen atoms in total. The van der Waals surface area contributed by atoms with Gasteiger partial charge in [0, 0.05) is 24.5 Å². The van der Waals surface area contributed by atoms with Crippen molar-refractivity contribution in [1.82, 2.24) is 15.3 Å². The van der Waals surface area contributed by atoms with Gasteiger partial charge in [-0.25, -0.2) is 14.4 Å². The summed E-state index contributed by atoms with van der Waals surface area (Å²) in [6.45, 7) is 5.97. The molecule has 5 heteroatoms. The lowest BCUT2D eigenvalue weighted by atomic mass is 10.1. The maximum absolute atomic E-state index is 13.4. The molecule has 0 unspecified atom stereocenters. The zero-order chi connectivity index (χ0) is 15.1. The van der Waals surface area contributed by atoms with Crippen molar-refractivity contribution in [2.75, 3.05) is 6.54 Å². The van der Waals surface area contributed by atoms with Crippen LogP contribution in [0.5, 0.6) is 5.75 Å². The first-order valence-electron chi connectivity index (χ1n) is 7.03. The molecule has 0 saturated carbocycles. The SMILES string of the molecule is CC(C)CNCc1cc(F)ccc1OCc1ncccn1. The Labute approximate surface area is 124 Å². The average Bonchev–Trinajstić information content (AvgIpc) is 2.47. The van der Waals surface area contributed by atoms with E-state index in [1.165, 1.54) is 12.1 Å². The van der Waals surface area contributed by atoms with Crippen LogP contribution in [-0.2, 0) is 13.2 Å². The smallest absolute Gasteiger partial charge is 0.166 e. The minimum atomic E-state index is -0.264. The molecule has 1 aromatic heterocycles. The number of hydrogen-bond donors (Lipinski definition) is 1. The zero-order valence-electron chi connectivity index (χ0n) is 12.3. The van der Waals surface area contributed by atoms with Crippen molar-refractivity contribution in [3.05, 3.63) is 53.9 Å². The van der Waals surface area contributed by atoms with E-state index < -0.39 is 0 Å². The highest BCUT2D eigenvalue weighted by Gasteiger charge is 2.07. The molecule has 0 aliphatic heterocycles. The largest absolute Gasteiger partial charge is 0.485 e. The summed E-state index contributed by atoms with van der Waals surface area (Å²) < 4.78 is 19.1. The molecular formula is C16H20FN3O. The van der Waals surface area contributed by atoms with Gasteiger partial charge in [0.25, 0.3) is 0 Å². The molecule has 2 rings (SSSR count). The van der Waals surface area contributed by atoms with Crippen LogP contribution in [0.1, 0.15) is 25.2 Å². The van der Waals surface area contributed by atoms with Gasteiger partial charge in [-0.3, -0.25) is 0 Å². The maximum atomic E-state index is 13.4. The van der Waals surface area contributed by atoms with Crippen LogP contribution in [0, 0.1) is 11.7 Å². The van der Waals surface area contributed by atoms with E-state index in [0.29, 0.717) is 24.0 Å². The van der Waals surface area contributed by atoms with Crippen molar-refractivity contribution in [3.8, 4) is 5.75 Å². The second-order valence-corrected chi connectivity index (χ2v) is 5.23. The van der Waals surface area contributed by atoms with E-state index in [9.17, 15) is 4.39 Å². The summed E-state index contributed by atoms with van der Waals surface area (Å²) >= 11 is 0. The third-order valence-corrected chi connectivity index (χ3v) is 2.87. The number of benzene rings is 1. The Kier molecular flexibility index (Phi) is 5.63. The predicted molar refractivity (Wildman–Crippen MR) is 79.3 cm³/mol. The first-order chi connectivity index (χ1) is 10.1. The van der Waals surface area contributed by atoms with E-state index in [0.717, 1.165) is 12.1 Å². The summed E-state index contributed by atoms with van der Waals surface area (Å²) in [5, 5.41) is 3.29. The minimum absolute atomic E-state index is 0.264. The Hall–Kier alpha value is -2.01. The van der Waals surface area contributed by atoms with Crippen LogP contribution in [0.3, 0.4) is 0 Å². The molecule has 0 bridgehead atoms. The molecule has 2 aromatic rings. The fourth-order valence-electron chi connectivity index (χ4n) is 1.87. The number of rotatable bonds is 7. The van der Waals surface area contributed by atoms with Crippen molar-refractivity contribution in [1.29, 1.82) is 0 Å². The first kappa shape index (κ1) is 15.4. The second-order valence-electron chi connectivity index (χ2n) is 5.23. The molecule has 0 amide bonds. The van der Waals surface area contributed by atoms with Crippen molar-refractivity contribution in [2.24, 2.45) is 5.92 Å². The van der Waals surface area contributed by atoms with Gasteiger partial charge < -0.3 is 10.1 Å². The van der Waals surface area contributed by atoms with Crippen LogP contribution in [0.25, 0.3) is 0 Å². The lowest BCUT2D eigenvalue weighted by molar-refractivity contribution is 0.291. The van der Waals surface area contributed by atoms with Gasteiger partial charge in [-0.15, -0.1) is 0 Å². The normalized spacial score (nSPS) is 10.9. The third-order valence-electron chi connectivity index (χ3n) is 2.87. The van der Waals surface area contributed by atoms with Gasteiger partial charge in [-0.1, -0.05) is 13.8 Å². The lowest BCUT2D eigenvalue weighted by Gasteiger charge is -2.13. The second kappa shape index (κ2) is 7.69. The van der Waals surface area contributed by atoms with Crippen LogP contribution >= 0.6 is 0 Å². The van der Waals surface area contributed by atoms with Gasteiger partial charge in [0.05, 0.1) is 0 Å². The molecule has 112 valence electrons. The number of hydrogen-bond acceptors (Lipinski definition) is 4. The van der Waals surface area contributed by atoms with Crippen LogP contribution in [0.15, 0.2) is 36.7 Å². The summed E-state index contributed by atoms with van der Waals surface area (Å²) in [6, 6.07) is 6.29. The van der Waals surface area contributed by atoms with E-state index >= 15 is 0 Å². The molecule has 1 aromatic carbocycles. The standard InChI is InChI=1S/C16H20FN3O/c1-12(2)9-18-10-13-8-14(17)4-5-15(13)21-11-16-19-6-3-7-20-16/h3-8,12,18H,9-11H2,1-2H3. The number of aromatic nitrogens is 2. The maximum Gasteiger partial charge on any atom is 0.166 e. The van der Waals surface area contributed by atoms with Gasteiger partial charge >= 0.3 is 0 Å². The highest BCUT2D eigenvalue weighted by Crippen LogP contribution is 2.20. The first-order valence-corrected chi connectivity index (χ1v) is 7.03. The quantitative estimate of drug-likeness (QED) is 0.851. The average molecular weight is 289 g/mol. The summed E-state index contributed by atoms with van der Waals surface area (Å²) in [7, 11) is 0. The molecule has 1 heterocycles. The molecule has 0 atom stereocenters. The molecular weight excluding hydrogens is 269 g/mol. The molecule has 21 heavy (non-hydrogen) atoms. The van der Waals surface area contributed by atoms with Crippen molar-refractivity contribution in [3.63, 3.8) is 0 Å². The molecule has 0 spiro atoms. The topological polar surface area (TPSA) is 47.0 Å². The molecule has 0 aliphatic rings. The summed E-state index contributed by atoms with van der Waals surface area (Å²) in [6.07, 6.45) is 3.34. The Morgan fingerprint density at radius 3 is 2.71 bits per heavy atom. The van der Waals surface area contributed by atoms with Crippen LogP contribution < -0.4 is 10.1 Å². The van der Waals surface area contributed by atoms with Gasteiger partial charge in [0.2, 0.25) is 0 Å². The van der Waals surface area contributed by atoms with E-state index in [1.807, 2.05) is 0 Å². The number of nitrogens with one attached hydrogen (secondary N) is 1. The fraction of sp³-hybridized carbons (Fsp3) is 0.375. The van der Waals surface area contributed by atoms with E-state index in [4.69, 9.17) is 4.74 Å². The van der Waals surface area contributed by atoms with Gasteiger partial charge in [-0.05, 0) is 36.7 Å². The predicted octanol–water partition coefficient (Wildman–Crippen LogP) is 2.94. The highest BCUT2D eigenvalue weighted by molar-refractivity contribution is 5.34. The number of ether oxygens (including phenoxy) is 1. The molecule has 1 N–H and O–H groups in total. The third kappa shape index (κ3) is 5.11. The molecule has 0 radical (unpaired) electrons. The summed E-state index contributed by atoms with van der Waals surface area (Å²) in [5.41, 5.74) is 0.798. The van der Waals surface area contributed by atoms with Crippen LogP contribution in [-0.4, -0.2) is 16.5 Å². The van der Waals surface area contributed by atoms with Crippen molar-refractivity contribution in [2.45, 2.75) is 27.0 Å². The molecule has 0 saturated heterocycles. The number of halogens is 1. The van der Waals surface area contributed by atoms with Crippen molar-refractivity contribution >= 4 is 0 Å². The highest BCUT2D eigenvalue weighted by atomic mass is 19.1. The monoisotopic (exact) mass is 289 g/mol. The van der Waals surface area contributed by atoms with Crippen LogP contribution in [0.4, 0.5) is 4.39 Å². The molecule has 0 aliphatic carbocycles. The Bertz CT molecular complexity index is 561. The Morgan fingerprint density at radius 2 is 2.00 bits per heavy atom. The Balaban J connectivity index is 2.00. The van der Waals surface area contributed by atoms with Gasteiger partial charge in [0.1, 0.15) is 18.2 Å². The minimum Gasteiger partial charge on any atom is -0.485 e. The summed E-state index contributed by atoms with van der Waals surface area (Å²) in [5.74, 6) is 1.53. The van der Waals surface area contributed by atoms with E-state index in [2.05, 4.69) is 29.1 Å². The number of nitrogens with zero attached hydrogens (tertiary/aromatic N) is 2. The van der Waals surface area contributed by atoms with E-state index in [-0.39, 0.29) is 12.4 Å². The Morgan fingerprint density at radius 1 is 1.24 bits per heavy atom. The van der Waals surface area contributed by atoms with Crippen LogP contribution in [0.2, 0.25) is 0 Å².